The van der Waals surface area contributed by atoms with Gasteiger partial charge in [-0.25, -0.2) is 9.59 Å². The summed E-state index contributed by atoms with van der Waals surface area (Å²) in [5.41, 5.74) is 2.97. The number of carbonyl (C=O) groups excluding carboxylic acids is 1. The average Bonchev–Trinajstić information content (AvgIpc) is 3.26. The number of rotatable bonds is 3. The zero-order chi connectivity index (χ0) is 25.8. The molecule has 7 heteroatoms. The summed E-state index contributed by atoms with van der Waals surface area (Å²) in [6.07, 6.45) is 12.9. The van der Waals surface area contributed by atoms with Gasteiger partial charge in [-0.05, 0) is 97.5 Å². The Morgan fingerprint density at radius 2 is 2.08 bits per heavy atom. The Morgan fingerprint density at radius 3 is 2.86 bits per heavy atom. The van der Waals surface area contributed by atoms with E-state index >= 15 is 0 Å². The second kappa shape index (κ2) is 9.57. The van der Waals surface area contributed by atoms with Crippen LogP contribution in [0.25, 0.3) is 0 Å². The lowest BCUT2D eigenvalue weighted by molar-refractivity contribution is -0.0876. The van der Waals surface area contributed by atoms with Crippen LogP contribution in [0, 0.1) is 28.6 Å². The number of amides is 1. The molecule has 4 aliphatic carbocycles. The van der Waals surface area contributed by atoms with Crippen LogP contribution in [0.15, 0.2) is 39.3 Å². The third-order valence-electron chi connectivity index (χ3n) is 11.1. The highest BCUT2D eigenvalue weighted by Gasteiger charge is 2.58. The number of hydrogen-bond donors (Lipinski definition) is 2. The molecule has 37 heavy (non-hydrogen) atoms. The smallest absolute Gasteiger partial charge is 0.410 e. The van der Waals surface area contributed by atoms with Crippen LogP contribution in [0.3, 0.4) is 0 Å². The molecule has 1 aromatic rings. The van der Waals surface area contributed by atoms with Crippen molar-refractivity contribution in [2.75, 3.05) is 26.2 Å². The Bertz CT molecular complexity index is 1090. The highest BCUT2D eigenvalue weighted by Crippen LogP contribution is 2.67. The monoisotopic (exact) mass is 510 g/mol. The van der Waals surface area contributed by atoms with Gasteiger partial charge in [-0.2, -0.15) is 0 Å². The Balaban J connectivity index is 1.12. The van der Waals surface area contributed by atoms with Crippen molar-refractivity contribution in [2.45, 2.75) is 83.3 Å². The summed E-state index contributed by atoms with van der Waals surface area (Å²) in [4.78, 5) is 26.2. The Labute approximate surface area is 219 Å². The summed E-state index contributed by atoms with van der Waals surface area (Å²) in [6, 6.07) is 3.47. The number of allylic oxidation sites excluding steroid dienone is 2. The second-order valence-corrected chi connectivity index (χ2v) is 12.8. The quantitative estimate of drug-likeness (QED) is 0.584. The van der Waals surface area contributed by atoms with E-state index < -0.39 is 0 Å². The molecule has 1 aromatic heterocycles. The van der Waals surface area contributed by atoms with Crippen molar-refractivity contribution in [3.8, 4) is 0 Å². The lowest BCUT2D eigenvalue weighted by Gasteiger charge is -2.59. The molecule has 3 saturated carbocycles. The highest BCUT2D eigenvalue weighted by atomic mass is 16.6. The Morgan fingerprint density at radius 1 is 1.22 bits per heavy atom. The van der Waals surface area contributed by atoms with Crippen molar-refractivity contribution < 1.29 is 19.1 Å². The third-order valence-corrected chi connectivity index (χ3v) is 11.1. The third kappa shape index (κ3) is 4.26. The maximum Gasteiger partial charge on any atom is 0.410 e. The summed E-state index contributed by atoms with van der Waals surface area (Å²) in [6.45, 7) is 6.85. The van der Waals surface area contributed by atoms with Gasteiger partial charge >= 0.3 is 11.7 Å². The lowest BCUT2D eigenvalue weighted by atomic mass is 9.46. The molecule has 5 aliphatic rings. The second-order valence-electron chi connectivity index (χ2n) is 12.8. The van der Waals surface area contributed by atoms with Crippen molar-refractivity contribution >= 4 is 6.09 Å². The van der Waals surface area contributed by atoms with E-state index in [1.165, 1.54) is 25.7 Å². The fraction of sp³-hybridized carbons (Fsp3) is 0.733. The fourth-order valence-electron chi connectivity index (χ4n) is 9.06. The molecule has 0 bridgehead atoms. The number of nitrogens with one attached hydrogen (secondary N) is 1. The van der Waals surface area contributed by atoms with Gasteiger partial charge in [-0.15, -0.1) is 0 Å². The molecule has 6 rings (SSSR count). The SMILES string of the molecule is C[C@]12CC[C@H](OC(=O)N3CCN[C@H](CO)C3)C[C@H]1CC[C@H]1C3=CC[C@H](c4ccc(=O)oc4)[C@@]3(C)CC[C@@H]12. The average molecular weight is 511 g/mol. The topological polar surface area (TPSA) is 92.0 Å². The molecule has 7 nitrogen and oxygen atoms in total. The van der Waals surface area contributed by atoms with Crippen molar-refractivity contribution in [2.24, 2.45) is 28.6 Å². The van der Waals surface area contributed by atoms with E-state index in [4.69, 9.17) is 9.15 Å². The summed E-state index contributed by atoms with van der Waals surface area (Å²) >= 11 is 0. The van der Waals surface area contributed by atoms with E-state index in [2.05, 4.69) is 25.2 Å². The number of carbonyl (C=O) groups is 1. The number of piperazine rings is 1. The van der Waals surface area contributed by atoms with Crippen LogP contribution in [-0.2, 0) is 4.74 Å². The van der Waals surface area contributed by atoms with E-state index in [1.807, 2.05) is 6.07 Å². The van der Waals surface area contributed by atoms with Crippen molar-refractivity contribution in [3.63, 3.8) is 0 Å². The molecule has 0 radical (unpaired) electrons. The first-order valence-corrected chi connectivity index (χ1v) is 14.4. The summed E-state index contributed by atoms with van der Waals surface area (Å²) in [5, 5.41) is 12.7. The van der Waals surface area contributed by atoms with E-state index in [0.29, 0.717) is 48.7 Å². The van der Waals surface area contributed by atoms with Gasteiger partial charge in [0.2, 0.25) is 0 Å². The van der Waals surface area contributed by atoms with E-state index in [0.717, 1.165) is 31.2 Å². The van der Waals surface area contributed by atoms with Gasteiger partial charge in [-0.3, -0.25) is 0 Å². The first-order valence-electron chi connectivity index (χ1n) is 14.4. The van der Waals surface area contributed by atoms with Crippen LogP contribution >= 0.6 is 0 Å². The van der Waals surface area contributed by atoms with Crippen LogP contribution in [0.2, 0.25) is 0 Å². The zero-order valence-electron chi connectivity index (χ0n) is 22.3. The maximum atomic E-state index is 12.9. The minimum atomic E-state index is -0.279. The maximum absolute atomic E-state index is 12.9. The molecule has 8 atom stereocenters. The molecule has 2 heterocycles. The summed E-state index contributed by atoms with van der Waals surface area (Å²) in [7, 11) is 0. The zero-order valence-corrected chi connectivity index (χ0v) is 22.3. The number of fused-ring (bicyclic) bond motifs is 5. The van der Waals surface area contributed by atoms with E-state index in [-0.39, 0.29) is 35.9 Å². The largest absolute Gasteiger partial charge is 0.446 e. The molecule has 4 fully saturated rings. The minimum absolute atomic E-state index is 0.00116. The molecular weight excluding hydrogens is 468 g/mol. The molecule has 2 N–H and O–H groups in total. The van der Waals surface area contributed by atoms with E-state index in [1.54, 1.807) is 22.8 Å². The van der Waals surface area contributed by atoms with Crippen molar-refractivity contribution in [1.82, 2.24) is 10.2 Å². The first kappa shape index (κ1) is 25.2. The summed E-state index contributed by atoms with van der Waals surface area (Å²) < 4.78 is 11.3. The molecule has 202 valence electrons. The van der Waals surface area contributed by atoms with Crippen LogP contribution in [0.4, 0.5) is 4.79 Å². The molecule has 0 spiro atoms. The van der Waals surface area contributed by atoms with Crippen LogP contribution in [-0.4, -0.2) is 54.5 Å². The Kier molecular flexibility index (Phi) is 6.51. The Hall–Kier alpha value is -2.12. The van der Waals surface area contributed by atoms with Crippen LogP contribution < -0.4 is 10.9 Å². The van der Waals surface area contributed by atoms with E-state index in [9.17, 15) is 14.7 Å². The lowest BCUT2D eigenvalue weighted by Crippen LogP contribution is -2.55. The number of aliphatic hydroxyl groups is 1. The first-order chi connectivity index (χ1) is 17.8. The van der Waals surface area contributed by atoms with Gasteiger partial charge in [0.05, 0.1) is 12.9 Å². The fourth-order valence-corrected chi connectivity index (χ4v) is 9.06. The van der Waals surface area contributed by atoms with Gasteiger partial charge in [-0.1, -0.05) is 25.5 Å². The predicted molar refractivity (Wildman–Crippen MR) is 140 cm³/mol. The van der Waals surface area contributed by atoms with Crippen molar-refractivity contribution in [3.05, 3.63) is 46.0 Å². The van der Waals surface area contributed by atoms with Crippen LogP contribution in [0.5, 0.6) is 0 Å². The normalized spacial score (nSPS) is 41.3. The van der Waals surface area contributed by atoms with Gasteiger partial charge in [0, 0.05) is 31.7 Å². The van der Waals surface area contributed by atoms with Gasteiger partial charge in [0.15, 0.2) is 0 Å². The standard InChI is InChI=1S/C30H42N2O5/c1-29-11-9-22(37-28(35)32-14-13-31-21(16-32)17-33)15-20(29)4-5-23-25-7-6-24(19-3-8-27(34)36-18-19)30(25,2)12-10-26(23)29/h3,7-8,18,20-24,26,31,33H,4-6,9-17H2,1-2H3/t20-,21+,22+,23+,24-,26+,29+,30-/m1/s1. The predicted octanol–water partition coefficient (Wildman–Crippen LogP) is 4.46. The molecule has 1 saturated heterocycles. The molecule has 1 aliphatic heterocycles. The molecular formula is C30H42N2O5. The molecule has 1 amide bonds. The highest BCUT2D eigenvalue weighted by molar-refractivity contribution is 5.68. The van der Waals surface area contributed by atoms with Crippen molar-refractivity contribution in [1.29, 1.82) is 0 Å². The number of hydrogen-bond acceptors (Lipinski definition) is 6. The molecule has 0 unspecified atom stereocenters. The number of ether oxygens (including phenoxy) is 1. The molecule has 0 aromatic carbocycles. The number of nitrogens with zero attached hydrogens (tertiary/aromatic N) is 1. The summed E-state index contributed by atoms with van der Waals surface area (Å²) in [5.74, 6) is 2.31. The number of aliphatic hydroxyl groups excluding tert-OH is 1. The van der Waals surface area contributed by atoms with Crippen LogP contribution in [0.1, 0.15) is 76.7 Å². The van der Waals surface area contributed by atoms with Gasteiger partial charge in [0.25, 0.3) is 0 Å². The minimum Gasteiger partial charge on any atom is -0.446 e. The van der Waals surface area contributed by atoms with Gasteiger partial charge in [0.1, 0.15) is 6.10 Å². The van der Waals surface area contributed by atoms with Gasteiger partial charge < -0.3 is 24.5 Å².